The van der Waals surface area contributed by atoms with Crippen molar-refractivity contribution in [1.29, 1.82) is 0 Å². The lowest BCUT2D eigenvalue weighted by atomic mass is 10.1. The van der Waals surface area contributed by atoms with Crippen molar-refractivity contribution in [3.63, 3.8) is 0 Å². The van der Waals surface area contributed by atoms with Gasteiger partial charge in [0, 0.05) is 37.8 Å². The molecule has 0 N–H and O–H groups in total. The van der Waals surface area contributed by atoms with Crippen LogP contribution in [-0.4, -0.2) is 46.9 Å². The van der Waals surface area contributed by atoms with Crippen LogP contribution in [0.1, 0.15) is 28.3 Å². The van der Waals surface area contributed by atoms with Crippen molar-refractivity contribution in [1.82, 2.24) is 14.8 Å². The lowest BCUT2D eigenvalue weighted by Gasteiger charge is -2.21. The molecule has 0 saturated carbocycles. The van der Waals surface area contributed by atoms with Crippen molar-refractivity contribution < 1.29 is 9.21 Å². The molecule has 1 amide bonds. The first kappa shape index (κ1) is 16.8. The molecule has 1 aliphatic rings. The molecule has 0 spiro atoms. The molecule has 134 valence electrons. The Morgan fingerprint density at radius 3 is 2.85 bits per heavy atom. The lowest BCUT2D eigenvalue weighted by Crippen LogP contribution is -2.35. The topological polar surface area (TPSA) is 49.6 Å². The molecule has 26 heavy (non-hydrogen) atoms. The zero-order valence-electron chi connectivity index (χ0n) is 15.0. The number of carbonyl (C=O) groups excluding carboxylic acids is 1. The highest BCUT2D eigenvalue weighted by Crippen LogP contribution is 2.16. The zero-order chi connectivity index (χ0) is 17.9. The van der Waals surface area contributed by atoms with Crippen LogP contribution < -0.4 is 0 Å². The molecular formula is C21H23N3O2. The van der Waals surface area contributed by atoms with E-state index in [1.165, 1.54) is 0 Å². The summed E-state index contributed by atoms with van der Waals surface area (Å²) in [4.78, 5) is 21.6. The molecule has 0 aliphatic carbocycles. The number of aromatic nitrogens is 1. The average molecular weight is 349 g/mol. The Bertz CT molecular complexity index is 918. The molecule has 3 aromatic rings. The fourth-order valence-electron chi connectivity index (χ4n) is 3.49. The molecule has 1 aromatic carbocycles. The second kappa shape index (κ2) is 7.30. The first-order valence-corrected chi connectivity index (χ1v) is 9.11. The molecular weight excluding hydrogens is 326 g/mol. The zero-order valence-corrected chi connectivity index (χ0v) is 15.0. The normalized spacial score (nSPS) is 16.0. The highest BCUT2D eigenvalue weighted by atomic mass is 16.3. The van der Waals surface area contributed by atoms with Gasteiger partial charge in [-0.2, -0.15) is 0 Å². The summed E-state index contributed by atoms with van der Waals surface area (Å²) in [5.41, 5.74) is 1.58. The summed E-state index contributed by atoms with van der Waals surface area (Å²) in [6.45, 7) is 6.09. The molecule has 1 saturated heterocycles. The van der Waals surface area contributed by atoms with Crippen molar-refractivity contribution in [3.05, 3.63) is 65.7 Å². The van der Waals surface area contributed by atoms with Crippen LogP contribution in [0.15, 0.2) is 53.1 Å². The number of hydrogen-bond acceptors (Lipinski definition) is 4. The second-order valence-corrected chi connectivity index (χ2v) is 6.85. The summed E-state index contributed by atoms with van der Waals surface area (Å²) in [6.07, 6.45) is 2.66. The van der Waals surface area contributed by atoms with Gasteiger partial charge in [-0.1, -0.05) is 18.2 Å². The minimum Gasteiger partial charge on any atom is -0.465 e. The van der Waals surface area contributed by atoms with Crippen LogP contribution in [0.25, 0.3) is 10.9 Å². The number of aryl methyl sites for hydroxylation is 1. The fraction of sp³-hybridized carbons (Fsp3) is 0.333. The lowest BCUT2D eigenvalue weighted by molar-refractivity contribution is 0.0760. The first-order valence-electron chi connectivity index (χ1n) is 9.11. The quantitative estimate of drug-likeness (QED) is 0.726. The SMILES string of the molecule is Cc1ccc(CN2CCCN(C(=O)c3cnc4ccccc4c3)CC2)o1. The van der Waals surface area contributed by atoms with Gasteiger partial charge in [0.15, 0.2) is 0 Å². The van der Waals surface area contributed by atoms with Gasteiger partial charge in [-0.25, -0.2) is 0 Å². The van der Waals surface area contributed by atoms with E-state index in [9.17, 15) is 4.79 Å². The van der Waals surface area contributed by atoms with Crippen LogP contribution in [0, 0.1) is 6.92 Å². The monoisotopic (exact) mass is 349 g/mol. The summed E-state index contributed by atoms with van der Waals surface area (Å²) in [6, 6.07) is 13.9. The molecule has 0 radical (unpaired) electrons. The van der Waals surface area contributed by atoms with Gasteiger partial charge in [0.25, 0.3) is 5.91 Å². The number of pyridine rings is 1. The van der Waals surface area contributed by atoms with E-state index >= 15 is 0 Å². The predicted octanol–water partition coefficient (Wildman–Crippen LogP) is 3.48. The van der Waals surface area contributed by atoms with E-state index in [0.29, 0.717) is 5.56 Å². The van der Waals surface area contributed by atoms with Crippen LogP contribution in [0.2, 0.25) is 0 Å². The first-order chi connectivity index (χ1) is 12.7. The Morgan fingerprint density at radius 1 is 1.12 bits per heavy atom. The average Bonchev–Trinajstić information content (AvgIpc) is 2.93. The second-order valence-electron chi connectivity index (χ2n) is 6.85. The summed E-state index contributed by atoms with van der Waals surface area (Å²) in [5.74, 6) is 2.00. The van der Waals surface area contributed by atoms with E-state index in [4.69, 9.17) is 4.42 Å². The number of nitrogens with zero attached hydrogens (tertiary/aromatic N) is 3. The van der Waals surface area contributed by atoms with Gasteiger partial charge in [0.2, 0.25) is 0 Å². The van der Waals surface area contributed by atoms with Crippen LogP contribution in [0.5, 0.6) is 0 Å². The van der Waals surface area contributed by atoms with E-state index < -0.39 is 0 Å². The van der Waals surface area contributed by atoms with Gasteiger partial charge in [0.05, 0.1) is 17.6 Å². The molecule has 5 heteroatoms. The van der Waals surface area contributed by atoms with Gasteiger partial charge in [-0.05, 0) is 37.6 Å². The summed E-state index contributed by atoms with van der Waals surface area (Å²) < 4.78 is 5.68. The molecule has 1 fully saturated rings. The third-order valence-electron chi connectivity index (χ3n) is 4.89. The van der Waals surface area contributed by atoms with Crippen molar-refractivity contribution in [2.24, 2.45) is 0 Å². The number of amides is 1. The standard InChI is InChI=1S/C21H23N3O2/c1-16-7-8-19(26-16)15-23-9-4-10-24(12-11-23)21(25)18-13-17-5-2-3-6-20(17)22-14-18/h2-3,5-8,13-14H,4,9-12,15H2,1H3. The molecule has 0 unspecified atom stereocenters. The van der Waals surface area contributed by atoms with E-state index in [1.807, 2.05) is 54.3 Å². The number of furan rings is 1. The summed E-state index contributed by atoms with van der Waals surface area (Å²) in [5, 5.41) is 1.00. The Balaban J connectivity index is 1.43. The molecule has 0 bridgehead atoms. The highest BCUT2D eigenvalue weighted by Gasteiger charge is 2.21. The van der Waals surface area contributed by atoms with Gasteiger partial charge in [-0.3, -0.25) is 14.7 Å². The summed E-state index contributed by atoms with van der Waals surface area (Å²) in [7, 11) is 0. The maximum Gasteiger partial charge on any atom is 0.255 e. The highest BCUT2D eigenvalue weighted by molar-refractivity contribution is 5.97. The molecule has 0 atom stereocenters. The minimum absolute atomic E-state index is 0.0685. The number of benzene rings is 1. The van der Waals surface area contributed by atoms with E-state index in [1.54, 1.807) is 6.20 Å². The maximum absolute atomic E-state index is 12.9. The maximum atomic E-state index is 12.9. The van der Waals surface area contributed by atoms with E-state index in [2.05, 4.69) is 9.88 Å². The Morgan fingerprint density at radius 2 is 2.00 bits per heavy atom. The van der Waals surface area contributed by atoms with Crippen molar-refractivity contribution >= 4 is 16.8 Å². The largest absolute Gasteiger partial charge is 0.465 e. The predicted molar refractivity (Wildman–Crippen MR) is 101 cm³/mol. The number of rotatable bonds is 3. The minimum atomic E-state index is 0.0685. The number of para-hydroxylation sites is 1. The Kier molecular flexibility index (Phi) is 4.71. The van der Waals surface area contributed by atoms with Gasteiger partial charge in [0.1, 0.15) is 11.5 Å². The number of hydrogen-bond donors (Lipinski definition) is 0. The smallest absolute Gasteiger partial charge is 0.255 e. The Hall–Kier alpha value is -2.66. The third kappa shape index (κ3) is 3.63. The Labute approximate surface area is 153 Å². The molecule has 4 rings (SSSR count). The van der Waals surface area contributed by atoms with Crippen molar-refractivity contribution in [3.8, 4) is 0 Å². The number of fused-ring (bicyclic) bond motifs is 1. The van der Waals surface area contributed by atoms with Gasteiger partial charge < -0.3 is 9.32 Å². The molecule has 1 aliphatic heterocycles. The van der Waals surface area contributed by atoms with E-state index in [-0.39, 0.29) is 5.91 Å². The van der Waals surface area contributed by atoms with Crippen molar-refractivity contribution in [2.45, 2.75) is 19.9 Å². The van der Waals surface area contributed by atoms with E-state index in [0.717, 1.165) is 61.6 Å². The van der Waals surface area contributed by atoms with Crippen LogP contribution in [-0.2, 0) is 6.54 Å². The van der Waals surface area contributed by atoms with Crippen LogP contribution in [0.4, 0.5) is 0 Å². The van der Waals surface area contributed by atoms with Gasteiger partial charge >= 0.3 is 0 Å². The van der Waals surface area contributed by atoms with Crippen LogP contribution >= 0.6 is 0 Å². The van der Waals surface area contributed by atoms with Crippen molar-refractivity contribution in [2.75, 3.05) is 26.2 Å². The summed E-state index contributed by atoms with van der Waals surface area (Å²) >= 11 is 0. The fourth-order valence-corrected chi connectivity index (χ4v) is 3.49. The molecule has 3 heterocycles. The third-order valence-corrected chi connectivity index (χ3v) is 4.89. The van der Waals surface area contributed by atoms with Crippen LogP contribution in [0.3, 0.4) is 0 Å². The molecule has 2 aromatic heterocycles. The molecule has 5 nitrogen and oxygen atoms in total. The number of carbonyl (C=O) groups is 1. The van der Waals surface area contributed by atoms with Gasteiger partial charge in [-0.15, -0.1) is 0 Å².